The zero-order valence-corrected chi connectivity index (χ0v) is 15.4. The van der Waals surface area contributed by atoms with Gasteiger partial charge in [0.1, 0.15) is 0 Å². The second-order valence-corrected chi connectivity index (χ2v) is 7.25. The van der Waals surface area contributed by atoms with Crippen LogP contribution in [-0.2, 0) is 13.6 Å². The first-order valence-corrected chi connectivity index (χ1v) is 9.53. The van der Waals surface area contributed by atoms with E-state index in [0.717, 1.165) is 42.7 Å². The number of hydrogen-bond acceptors (Lipinski definition) is 4. The number of aliphatic imine (C=N–C) groups is 1. The Balaban J connectivity index is 1.46. The van der Waals surface area contributed by atoms with Gasteiger partial charge in [-0.2, -0.15) is 5.10 Å². The fourth-order valence-corrected chi connectivity index (χ4v) is 4.03. The Morgan fingerprint density at radius 2 is 2.36 bits per heavy atom. The number of aryl methyl sites for hydroxylation is 1. The Bertz CT molecular complexity index is 846. The number of imidazole rings is 1. The van der Waals surface area contributed by atoms with Gasteiger partial charge < -0.3 is 10.2 Å². The van der Waals surface area contributed by atoms with Crippen LogP contribution in [0.1, 0.15) is 30.5 Å². The zero-order valence-electron chi connectivity index (χ0n) is 14.6. The molecule has 25 heavy (non-hydrogen) atoms. The van der Waals surface area contributed by atoms with Gasteiger partial charge >= 0.3 is 0 Å². The second kappa shape index (κ2) is 6.87. The highest BCUT2D eigenvalue weighted by molar-refractivity contribution is 7.15. The van der Waals surface area contributed by atoms with E-state index in [1.165, 1.54) is 5.56 Å². The number of nitrogens with one attached hydrogen (secondary N) is 1. The standard InChI is InChI=1S/C17H23N7S/c1-3-18-16(19-9-15-12-24-6-7-25-17(24)21-15)23-5-4-13(11-23)14-8-20-22(2)10-14/h6-8,10,12-13H,3-5,9,11H2,1-2H3,(H,18,19). The van der Waals surface area contributed by atoms with Crippen LogP contribution in [0.3, 0.4) is 0 Å². The zero-order chi connectivity index (χ0) is 17.2. The number of thiazole rings is 1. The molecular formula is C17H23N7S. The molecule has 0 amide bonds. The van der Waals surface area contributed by atoms with E-state index >= 15 is 0 Å². The highest BCUT2D eigenvalue weighted by Gasteiger charge is 2.26. The van der Waals surface area contributed by atoms with Gasteiger partial charge in [-0.25, -0.2) is 9.98 Å². The number of fused-ring (bicyclic) bond motifs is 1. The Labute approximate surface area is 151 Å². The minimum absolute atomic E-state index is 0.524. The van der Waals surface area contributed by atoms with Crippen molar-refractivity contribution < 1.29 is 0 Å². The average Bonchev–Trinajstić information content (AvgIpc) is 3.34. The molecule has 4 rings (SSSR count). The van der Waals surface area contributed by atoms with E-state index in [9.17, 15) is 0 Å². The van der Waals surface area contributed by atoms with Crippen LogP contribution in [0, 0.1) is 0 Å². The largest absolute Gasteiger partial charge is 0.357 e. The van der Waals surface area contributed by atoms with Crippen molar-refractivity contribution in [1.82, 2.24) is 29.4 Å². The Morgan fingerprint density at radius 1 is 1.44 bits per heavy atom. The number of guanidine groups is 1. The van der Waals surface area contributed by atoms with Crippen LogP contribution in [0.2, 0.25) is 0 Å². The summed E-state index contributed by atoms with van der Waals surface area (Å²) in [7, 11) is 1.97. The third kappa shape index (κ3) is 3.39. The lowest BCUT2D eigenvalue weighted by Gasteiger charge is -2.21. The molecule has 0 saturated carbocycles. The molecule has 0 aromatic carbocycles. The molecule has 4 heterocycles. The van der Waals surface area contributed by atoms with E-state index in [2.05, 4.69) is 44.0 Å². The van der Waals surface area contributed by atoms with Crippen LogP contribution in [0.4, 0.5) is 0 Å². The molecule has 7 nitrogen and oxygen atoms in total. The van der Waals surface area contributed by atoms with E-state index in [1.807, 2.05) is 29.5 Å². The van der Waals surface area contributed by atoms with Crippen molar-refractivity contribution in [2.24, 2.45) is 12.0 Å². The second-order valence-electron chi connectivity index (χ2n) is 6.37. The number of aromatic nitrogens is 4. The molecule has 0 spiro atoms. The lowest BCUT2D eigenvalue weighted by atomic mass is 10.0. The van der Waals surface area contributed by atoms with Crippen molar-refractivity contribution in [3.8, 4) is 0 Å². The van der Waals surface area contributed by atoms with E-state index in [0.29, 0.717) is 12.5 Å². The summed E-state index contributed by atoms with van der Waals surface area (Å²) in [4.78, 5) is 12.8. The Morgan fingerprint density at radius 3 is 3.12 bits per heavy atom. The summed E-state index contributed by atoms with van der Waals surface area (Å²) in [5.41, 5.74) is 2.32. The van der Waals surface area contributed by atoms with Crippen LogP contribution in [0.25, 0.3) is 4.96 Å². The normalized spacial score (nSPS) is 18.4. The summed E-state index contributed by atoms with van der Waals surface area (Å²) in [5, 5.41) is 9.77. The number of rotatable bonds is 4. The molecule has 0 bridgehead atoms. The molecule has 1 unspecified atom stereocenters. The lowest BCUT2D eigenvalue weighted by molar-refractivity contribution is 0.486. The summed E-state index contributed by atoms with van der Waals surface area (Å²) in [6.07, 6.45) is 9.33. The smallest absolute Gasteiger partial charge is 0.194 e. The van der Waals surface area contributed by atoms with Gasteiger partial charge in [0, 0.05) is 56.6 Å². The molecular weight excluding hydrogens is 334 g/mol. The minimum Gasteiger partial charge on any atom is -0.357 e. The molecule has 0 radical (unpaired) electrons. The first-order valence-electron chi connectivity index (χ1n) is 8.66. The van der Waals surface area contributed by atoms with Gasteiger partial charge in [0.25, 0.3) is 0 Å². The monoisotopic (exact) mass is 357 g/mol. The van der Waals surface area contributed by atoms with E-state index < -0.39 is 0 Å². The summed E-state index contributed by atoms with van der Waals surface area (Å²) in [5.74, 6) is 1.50. The predicted molar refractivity (Wildman–Crippen MR) is 100 cm³/mol. The average molecular weight is 357 g/mol. The van der Waals surface area contributed by atoms with Gasteiger partial charge in [-0.05, 0) is 18.9 Å². The highest BCUT2D eigenvalue weighted by atomic mass is 32.1. The van der Waals surface area contributed by atoms with Gasteiger partial charge in [0.05, 0.1) is 18.4 Å². The van der Waals surface area contributed by atoms with Crippen LogP contribution in [0.5, 0.6) is 0 Å². The Kier molecular flexibility index (Phi) is 4.44. The molecule has 1 aliphatic rings. The SMILES string of the molecule is CCNC(=NCc1cn2ccsc2n1)N1CCC(c2cnn(C)c2)C1. The maximum absolute atomic E-state index is 4.81. The van der Waals surface area contributed by atoms with E-state index in [-0.39, 0.29) is 0 Å². The van der Waals surface area contributed by atoms with Crippen molar-refractivity contribution in [3.05, 3.63) is 41.4 Å². The van der Waals surface area contributed by atoms with Crippen LogP contribution in [-0.4, -0.2) is 49.7 Å². The predicted octanol–water partition coefficient (Wildman–Crippen LogP) is 2.08. The summed E-state index contributed by atoms with van der Waals surface area (Å²) in [6, 6.07) is 0. The fourth-order valence-electron chi connectivity index (χ4n) is 3.31. The van der Waals surface area contributed by atoms with Crippen LogP contribution >= 0.6 is 11.3 Å². The molecule has 1 aliphatic heterocycles. The maximum Gasteiger partial charge on any atom is 0.194 e. The van der Waals surface area contributed by atoms with Gasteiger partial charge in [0.2, 0.25) is 0 Å². The third-order valence-corrected chi connectivity index (χ3v) is 5.32. The van der Waals surface area contributed by atoms with Crippen molar-refractivity contribution in [3.63, 3.8) is 0 Å². The minimum atomic E-state index is 0.524. The van der Waals surface area contributed by atoms with Crippen molar-refractivity contribution >= 4 is 22.3 Å². The number of likely N-dealkylation sites (tertiary alicyclic amines) is 1. The van der Waals surface area contributed by atoms with E-state index in [4.69, 9.17) is 4.99 Å². The van der Waals surface area contributed by atoms with Crippen molar-refractivity contribution in [2.45, 2.75) is 25.8 Å². The molecule has 8 heteroatoms. The lowest BCUT2D eigenvalue weighted by Crippen LogP contribution is -2.40. The van der Waals surface area contributed by atoms with Crippen LogP contribution < -0.4 is 5.32 Å². The third-order valence-electron chi connectivity index (χ3n) is 4.55. The number of hydrogen-bond donors (Lipinski definition) is 1. The molecule has 1 fully saturated rings. The first kappa shape index (κ1) is 16.1. The molecule has 3 aromatic rings. The van der Waals surface area contributed by atoms with Gasteiger partial charge in [-0.15, -0.1) is 11.3 Å². The van der Waals surface area contributed by atoms with Gasteiger partial charge in [0.15, 0.2) is 10.9 Å². The van der Waals surface area contributed by atoms with E-state index in [1.54, 1.807) is 11.3 Å². The summed E-state index contributed by atoms with van der Waals surface area (Å²) < 4.78 is 3.93. The molecule has 1 saturated heterocycles. The highest BCUT2D eigenvalue weighted by Crippen LogP contribution is 2.26. The van der Waals surface area contributed by atoms with Crippen molar-refractivity contribution in [1.29, 1.82) is 0 Å². The molecule has 0 aliphatic carbocycles. The molecule has 1 N–H and O–H groups in total. The molecule has 3 aromatic heterocycles. The topological polar surface area (TPSA) is 62.8 Å². The first-order chi connectivity index (χ1) is 12.2. The van der Waals surface area contributed by atoms with Crippen LogP contribution in [0.15, 0.2) is 35.2 Å². The maximum atomic E-state index is 4.81. The van der Waals surface area contributed by atoms with Crippen molar-refractivity contribution in [2.75, 3.05) is 19.6 Å². The Hall–Kier alpha value is -2.35. The molecule has 1 atom stereocenters. The quantitative estimate of drug-likeness (QED) is 0.574. The van der Waals surface area contributed by atoms with Gasteiger partial charge in [-0.1, -0.05) is 0 Å². The number of nitrogens with zero attached hydrogens (tertiary/aromatic N) is 6. The summed E-state index contributed by atoms with van der Waals surface area (Å²) in [6.45, 7) is 5.58. The summed E-state index contributed by atoms with van der Waals surface area (Å²) >= 11 is 1.65. The molecule has 132 valence electrons. The van der Waals surface area contributed by atoms with Gasteiger partial charge in [-0.3, -0.25) is 9.08 Å². The fraction of sp³-hybridized carbons (Fsp3) is 0.471.